The highest BCUT2D eigenvalue weighted by Crippen LogP contribution is 2.13. The lowest BCUT2D eigenvalue weighted by Gasteiger charge is -2.36. The predicted octanol–water partition coefficient (Wildman–Crippen LogP) is 1.78. The van der Waals surface area contributed by atoms with Crippen LogP contribution in [0.1, 0.15) is 12.5 Å². The molecule has 2 amide bonds. The molecule has 3 rings (SSSR count). The highest BCUT2D eigenvalue weighted by molar-refractivity contribution is 5.84. The van der Waals surface area contributed by atoms with Crippen molar-refractivity contribution in [3.63, 3.8) is 0 Å². The first-order valence-electron chi connectivity index (χ1n) is 8.86. The molecule has 2 aromatic rings. The highest BCUT2D eigenvalue weighted by atomic mass is 16.2. The molecule has 0 saturated carbocycles. The number of aromatic nitrogens is 1. The third-order valence-corrected chi connectivity index (χ3v) is 4.59. The zero-order valence-electron chi connectivity index (χ0n) is 15.0. The Kier molecular flexibility index (Phi) is 5.84. The maximum atomic E-state index is 12.6. The van der Waals surface area contributed by atoms with Crippen molar-refractivity contribution in [3.05, 3.63) is 60.3 Å². The van der Waals surface area contributed by atoms with Crippen LogP contribution in [0.4, 0.5) is 5.82 Å². The summed E-state index contributed by atoms with van der Waals surface area (Å²) >= 11 is 0. The van der Waals surface area contributed by atoms with E-state index in [4.69, 9.17) is 0 Å². The number of anilines is 1. The van der Waals surface area contributed by atoms with E-state index in [9.17, 15) is 9.59 Å². The Morgan fingerprint density at radius 3 is 2.31 bits per heavy atom. The van der Waals surface area contributed by atoms with Gasteiger partial charge in [-0.3, -0.25) is 9.59 Å². The summed E-state index contributed by atoms with van der Waals surface area (Å²) in [5.41, 5.74) is 1.02. The molecule has 26 heavy (non-hydrogen) atoms. The first kappa shape index (κ1) is 17.9. The van der Waals surface area contributed by atoms with Crippen LogP contribution in [0.25, 0.3) is 0 Å². The summed E-state index contributed by atoms with van der Waals surface area (Å²) in [6.07, 6.45) is 1.78. The lowest BCUT2D eigenvalue weighted by molar-refractivity contribution is -0.140. The molecule has 0 aliphatic carbocycles. The summed E-state index contributed by atoms with van der Waals surface area (Å²) in [5.74, 6) is 0.847. The van der Waals surface area contributed by atoms with Crippen LogP contribution in [0.15, 0.2) is 54.7 Å². The zero-order valence-corrected chi connectivity index (χ0v) is 15.0. The van der Waals surface area contributed by atoms with Crippen LogP contribution in [-0.2, 0) is 16.1 Å². The number of pyridine rings is 1. The standard InChI is InChI=1S/C20H24N4O2/c1-17(25)24(15-18-7-3-2-4-8-18)16-20(26)23-13-11-22(12-14-23)19-9-5-6-10-21-19/h2-10H,11-16H2,1H3. The van der Waals surface area contributed by atoms with E-state index < -0.39 is 0 Å². The molecule has 0 radical (unpaired) electrons. The summed E-state index contributed by atoms with van der Waals surface area (Å²) in [5, 5.41) is 0. The molecule has 136 valence electrons. The van der Waals surface area contributed by atoms with Crippen molar-refractivity contribution in [2.45, 2.75) is 13.5 Å². The van der Waals surface area contributed by atoms with E-state index in [0.29, 0.717) is 19.6 Å². The third-order valence-electron chi connectivity index (χ3n) is 4.59. The van der Waals surface area contributed by atoms with Gasteiger partial charge in [-0.15, -0.1) is 0 Å². The Hall–Kier alpha value is -2.89. The van der Waals surface area contributed by atoms with Crippen molar-refractivity contribution in [3.8, 4) is 0 Å². The fourth-order valence-corrected chi connectivity index (χ4v) is 3.07. The normalized spacial score (nSPS) is 14.2. The molecular formula is C20H24N4O2. The molecule has 0 N–H and O–H groups in total. The Balaban J connectivity index is 1.54. The van der Waals surface area contributed by atoms with Crippen LogP contribution in [0.5, 0.6) is 0 Å². The van der Waals surface area contributed by atoms with Crippen LogP contribution in [0, 0.1) is 0 Å². The lowest BCUT2D eigenvalue weighted by Crippen LogP contribution is -2.51. The van der Waals surface area contributed by atoms with Gasteiger partial charge in [-0.05, 0) is 17.7 Å². The molecule has 1 aliphatic heterocycles. The summed E-state index contributed by atoms with van der Waals surface area (Å²) in [6.45, 7) is 4.88. The molecule has 2 heterocycles. The average Bonchev–Trinajstić information content (AvgIpc) is 2.69. The first-order valence-corrected chi connectivity index (χ1v) is 8.86. The number of carbonyl (C=O) groups excluding carboxylic acids is 2. The average molecular weight is 352 g/mol. The second-order valence-corrected chi connectivity index (χ2v) is 6.42. The second-order valence-electron chi connectivity index (χ2n) is 6.42. The SMILES string of the molecule is CC(=O)N(CC(=O)N1CCN(c2ccccn2)CC1)Cc1ccccc1. The summed E-state index contributed by atoms with van der Waals surface area (Å²) in [4.78, 5) is 34.6. The molecule has 0 atom stereocenters. The van der Waals surface area contributed by atoms with Crippen molar-refractivity contribution >= 4 is 17.6 Å². The second kappa shape index (κ2) is 8.47. The molecule has 1 fully saturated rings. The van der Waals surface area contributed by atoms with Crippen LogP contribution in [0.2, 0.25) is 0 Å². The summed E-state index contributed by atoms with van der Waals surface area (Å²) in [6, 6.07) is 15.6. The maximum Gasteiger partial charge on any atom is 0.242 e. The van der Waals surface area contributed by atoms with Crippen molar-refractivity contribution in [2.75, 3.05) is 37.6 Å². The van der Waals surface area contributed by atoms with Gasteiger partial charge in [0.15, 0.2) is 0 Å². The number of benzene rings is 1. The van der Waals surface area contributed by atoms with Crippen molar-refractivity contribution < 1.29 is 9.59 Å². The van der Waals surface area contributed by atoms with E-state index in [2.05, 4.69) is 9.88 Å². The summed E-state index contributed by atoms with van der Waals surface area (Å²) < 4.78 is 0. The minimum Gasteiger partial charge on any atom is -0.353 e. The number of amides is 2. The fraction of sp³-hybridized carbons (Fsp3) is 0.350. The minimum absolute atomic E-state index is 0.00296. The number of rotatable bonds is 5. The third kappa shape index (κ3) is 4.59. The number of carbonyl (C=O) groups is 2. The monoisotopic (exact) mass is 352 g/mol. The molecule has 6 nitrogen and oxygen atoms in total. The number of piperazine rings is 1. The molecule has 1 aromatic carbocycles. The topological polar surface area (TPSA) is 56.8 Å². The summed E-state index contributed by atoms with van der Waals surface area (Å²) in [7, 11) is 0. The van der Waals surface area contributed by atoms with Gasteiger partial charge in [-0.1, -0.05) is 36.4 Å². The number of nitrogens with zero attached hydrogens (tertiary/aromatic N) is 4. The van der Waals surface area contributed by atoms with E-state index in [-0.39, 0.29) is 18.4 Å². The van der Waals surface area contributed by atoms with Gasteiger partial charge in [-0.2, -0.15) is 0 Å². The molecule has 0 unspecified atom stereocenters. The minimum atomic E-state index is -0.0886. The predicted molar refractivity (Wildman–Crippen MR) is 101 cm³/mol. The maximum absolute atomic E-state index is 12.6. The van der Waals surface area contributed by atoms with Crippen LogP contribution >= 0.6 is 0 Å². The van der Waals surface area contributed by atoms with Crippen LogP contribution < -0.4 is 4.90 Å². The molecule has 6 heteroatoms. The van der Waals surface area contributed by atoms with E-state index in [0.717, 1.165) is 24.5 Å². The van der Waals surface area contributed by atoms with E-state index >= 15 is 0 Å². The first-order chi connectivity index (χ1) is 12.6. The highest BCUT2D eigenvalue weighted by Gasteiger charge is 2.24. The lowest BCUT2D eigenvalue weighted by atomic mass is 10.2. The molecular weight excluding hydrogens is 328 g/mol. The van der Waals surface area contributed by atoms with Crippen molar-refractivity contribution in [2.24, 2.45) is 0 Å². The smallest absolute Gasteiger partial charge is 0.242 e. The van der Waals surface area contributed by atoms with Crippen molar-refractivity contribution in [1.82, 2.24) is 14.8 Å². The van der Waals surface area contributed by atoms with Gasteiger partial charge in [0, 0.05) is 45.8 Å². The van der Waals surface area contributed by atoms with Gasteiger partial charge in [-0.25, -0.2) is 4.98 Å². The quantitative estimate of drug-likeness (QED) is 0.823. The van der Waals surface area contributed by atoms with Gasteiger partial charge in [0.2, 0.25) is 11.8 Å². The van der Waals surface area contributed by atoms with Gasteiger partial charge in [0.05, 0.1) is 0 Å². The van der Waals surface area contributed by atoms with E-state index in [1.807, 2.05) is 53.4 Å². The van der Waals surface area contributed by atoms with E-state index in [1.165, 1.54) is 6.92 Å². The van der Waals surface area contributed by atoms with Crippen LogP contribution in [0.3, 0.4) is 0 Å². The van der Waals surface area contributed by atoms with Crippen LogP contribution in [-0.4, -0.2) is 59.3 Å². The molecule has 0 spiro atoms. The Morgan fingerprint density at radius 2 is 1.69 bits per heavy atom. The molecule has 0 bridgehead atoms. The molecule has 1 saturated heterocycles. The number of hydrogen-bond acceptors (Lipinski definition) is 4. The zero-order chi connectivity index (χ0) is 18.4. The molecule has 1 aliphatic rings. The van der Waals surface area contributed by atoms with Crippen molar-refractivity contribution in [1.29, 1.82) is 0 Å². The Morgan fingerprint density at radius 1 is 1.00 bits per heavy atom. The van der Waals surface area contributed by atoms with E-state index in [1.54, 1.807) is 11.1 Å². The van der Waals surface area contributed by atoms with Gasteiger partial charge >= 0.3 is 0 Å². The fourth-order valence-electron chi connectivity index (χ4n) is 3.07. The Bertz CT molecular complexity index is 728. The molecule has 1 aromatic heterocycles. The Labute approximate surface area is 154 Å². The van der Waals surface area contributed by atoms with Gasteiger partial charge in [0.25, 0.3) is 0 Å². The number of hydrogen-bond donors (Lipinski definition) is 0. The van der Waals surface area contributed by atoms with Gasteiger partial charge in [0.1, 0.15) is 12.4 Å². The van der Waals surface area contributed by atoms with Gasteiger partial charge < -0.3 is 14.7 Å². The largest absolute Gasteiger partial charge is 0.353 e.